The first-order chi connectivity index (χ1) is 10.4. The molecule has 0 spiro atoms. The summed E-state index contributed by atoms with van der Waals surface area (Å²) in [7, 11) is -3.75. The van der Waals surface area contributed by atoms with Crippen molar-refractivity contribution in [2.75, 3.05) is 26.2 Å². The van der Waals surface area contributed by atoms with Gasteiger partial charge in [-0.2, -0.15) is 8.42 Å². The quantitative estimate of drug-likeness (QED) is 0.797. The number of hydrogen-bond acceptors (Lipinski definition) is 5. The van der Waals surface area contributed by atoms with Crippen LogP contribution in [0.2, 0.25) is 0 Å². The Balaban J connectivity index is 1.91. The third-order valence-corrected chi connectivity index (χ3v) is 5.03. The Morgan fingerprint density at radius 3 is 2.68 bits per heavy atom. The second-order valence-corrected chi connectivity index (χ2v) is 7.30. The summed E-state index contributed by atoms with van der Waals surface area (Å²) in [5, 5.41) is 8.81. The van der Waals surface area contributed by atoms with E-state index in [1.54, 1.807) is 12.1 Å². The monoisotopic (exact) mass is 327 g/mol. The zero-order valence-corrected chi connectivity index (χ0v) is 13.4. The Bertz CT molecular complexity index is 611. The maximum absolute atomic E-state index is 12.1. The number of carbonyl (C=O) groups is 1. The van der Waals surface area contributed by atoms with E-state index in [1.807, 2.05) is 11.8 Å². The highest BCUT2D eigenvalue weighted by atomic mass is 32.2. The fraction of sp³-hybridized carbons (Fsp3) is 0.533. The number of carboxylic acids is 1. The van der Waals surface area contributed by atoms with Crippen LogP contribution >= 0.6 is 0 Å². The lowest BCUT2D eigenvalue weighted by Crippen LogP contribution is -2.40. The first-order valence-corrected chi connectivity index (χ1v) is 8.68. The maximum atomic E-state index is 12.1. The minimum atomic E-state index is -3.75. The maximum Gasteiger partial charge on any atom is 0.317 e. The van der Waals surface area contributed by atoms with Crippen molar-refractivity contribution in [2.24, 2.45) is 5.92 Å². The summed E-state index contributed by atoms with van der Waals surface area (Å²) in [6, 6.07) is 6.52. The van der Waals surface area contributed by atoms with Crippen molar-refractivity contribution in [3.05, 3.63) is 29.8 Å². The number of rotatable bonds is 6. The van der Waals surface area contributed by atoms with Gasteiger partial charge in [-0.1, -0.05) is 17.7 Å². The molecule has 0 aliphatic carbocycles. The highest BCUT2D eigenvalue weighted by molar-refractivity contribution is 7.86. The lowest BCUT2D eigenvalue weighted by Gasteiger charge is -2.31. The van der Waals surface area contributed by atoms with Gasteiger partial charge >= 0.3 is 5.97 Å². The van der Waals surface area contributed by atoms with E-state index in [0.29, 0.717) is 6.54 Å². The van der Waals surface area contributed by atoms with Crippen LogP contribution in [0.25, 0.3) is 0 Å². The number of aryl methyl sites for hydroxylation is 1. The topological polar surface area (TPSA) is 83.9 Å². The first kappa shape index (κ1) is 16.9. The number of carboxylic acid groups (broad SMARTS) is 1. The van der Waals surface area contributed by atoms with Gasteiger partial charge < -0.3 is 5.11 Å². The molecule has 0 amide bonds. The van der Waals surface area contributed by atoms with Crippen LogP contribution in [0.5, 0.6) is 0 Å². The van der Waals surface area contributed by atoms with Gasteiger partial charge in [0.1, 0.15) is 0 Å². The summed E-state index contributed by atoms with van der Waals surface area (Å²) in [6.07, 6.45) is 1.70. The van der Waals surface area contributed by atoms with Gasteiger partial charge in [0.2, 0.25) is 0 Å². The molecule has 2 rings (SSSR count). The van der Waals surface area contributed by atoms with E-state index in [0.717, 1.165) is 24.9 Å². The summed E-state index contributed by atoms with van der Waals surface area (Å²) < 4.78 is 29.4. The first-order valence-electron chi connectivity index (χ1n) is 7.27. The average Bonchev–Trinajstić information content (AvgIpc) is 2.45. The van der Waals surface area contributed by atoms with Crippen LogP contribution in [0.3, 0.4) is 0 Å². The highest BCUT2D eigenvalue weighted by Gasteiger charge is 2.24. The number of likely N-dealkylation sites (tertiary alicyclic amines) is 1. The molecule has 1 N–H and O–H groups in total. The molecule has 1 aliphatic rings. The Morgan fingerprint density at radius 2 is 2.05 bits per heavy atom. The molecule has 1 aliphatic heterocycles. The smallest absolute Gasteiger partial charge is 0.317 e. The Kier molecular flexibility index (Phi) is 5.55. The zero-order chi connectivity index (χ0) is 16.2. The van der Waals surface area contributed by atoms with Crippen molar-refractivity contribution in [3.63, 3.8) is 0 Å². The van der Waals surface area contributed by atoms with Crippen LogP contribution in [-0.4, -0.2) is 50.6 Å². The minimum absolute atomic E-state index is 0.0127. The molecule has 0 radical (unpaired) electrons. The van der Waals surface area contributed by atoms with E-state index >= 15 is 0 Å². The van der Waals surface area contributed by atoms with Crippen LogP contribution < -0.4 is 0 Å². The third kappa shape index (κ3) is 4.79. The molecule has 22 heavy (non-hydrogen) atoms. The van der Waals surface area contributed by atoms with Crippen LogP contribution in [0.1, 0.15) is 18.4 Å². The molecule has 1 atom stereocenters. The summed E-state index contributed by atoms with van der Waals surface area (Å²) in [6.45, 7) is 3.24. The number of piperidine rings is 1. The lowest BCUT2D eigenvalue weighted by atomic mass is 9.99. The van der Waals surface area contributed by atoms with Crippen molar-refractivity contribution >= 4 is 16.1 Å². The number of hydrogen-bond donors (Lipinski definition) is 1. The highest BCUT2D eigenvalue weighted by Crippen LogP contribution is 2.20. The van der Waals surface area contributed by atoms with Gasteiger partial charge in [-0.25, -0.2) is 0 Å². The van der Waals surface area contributed by atoms with E-state index in [9.17, 15) is 13.2 Å². The van der Waals surface area contributed by atoms with Crippen LogP contribution in [0.4, 0.5) is 0 Å². The van der Waals surface area contributed by atoms with Crippen molar-refractivity contribution in [1.82, 2.24) is 4.90 Å². The van der Waals surface area contributed by atoms with Crippen LogP contribution in [-0.2, 0) is 19.1 Å². The predicted molar refractivity (Wildman–Crippen MR) is 81.1 cm³/mol. The van der Waals surface area contributed by atoms with Gasteiger partial charge in [0.05, 0.1) is 18.0 Å². The molecule has 7 heteroatoms. The van der Waals surface area contributed by atoms with Gasteiger partial charge in [-0.05, 0) is 44.4 Å². The molecular formula is C15H21NO5S. The van der Waals surface area contributed by atoms with Gasteiger partial charge in [-0.3, -0.25) is 13.9 Å². The standard InChI is InChI=1S/C15H21NO5S/c1-12-4-6-14(7-5-12)22(19,20)21-11-13-3-2-8-16(9-13)10-15(17)18/h4-7,13H,2-3,8-11H2,1H3,(H,17,18)/t13-/m0/s1. The molecule has 1 aromatic carbocycles. The normalized spacial score (nSPS) is 20.0. The molecule has 1 heterocycles. The van der Waals surface area contributed by atoms with Crippen LogP contribution in [0.15, 0.2) is 29.2 Å². The molecule has 1 fully saturated rings. The fourth-order valence-electron chi connectivity index (χ4n) is 2.58. The van der Waals surface area contributed by atoms with Gasteiger partial charge in [0.15, 0.2) is 0 Å². The fourth-order valence-corrected chi connectivity index (χ4v) is 3.56. The van der Waals surface area contributed by atoms with E-state index in [-0.39, 0.29) is 24.0 Å². The number of benzene rings is 1. The zero-order valence-electron chi connectivity index (χ0n) is 12.6. The summed E-state index contributed by atoms with van der Waals surface area (Å²) >= 11 is 0. The van der Waals surface area contributed by atoms with Gasteiger partial charge in [-0.15, -0.1) is 0 Å². The van der Waals surface area contributed by atoms with Crippen molar-refractivity contribution in [2.45, 2.75) is 24.7 Å². The molecule has 0 bridgehead atoms. The van der Waals surface area contributed by atoms with Crippen molar-refractivity contribution in [3.8, 4) is 0 Å². The van der Waals surface area contributed by atoms with E-state index in [4.69, 9.17) is 9.29 Å². The lowest BCUT2D eigenvalue weighted by molar-refractivity contribution is -0.138. The Hall–Kier alpha value is -1.44. The molecule has 1 saturated heterocycles. The summed E-state index contributed by atoms with van der Waals surface area (Å²) in [5.74, 6) is -0.831. The van der Waals surface area contributed by atoms with Crippen molar-refractivity contribution < 1.29 is 22.5 Å². The molecule has 6 nitrogen and oxygen atoms in total. The largest absolute Gasteiger partial charge is 0.480 e. The predicted octanol–water partition coefficient (Wildman–Crippen LogP) is 1.50. The Labute approximate surface area is 130 Å². The molecule has 0 aromatic heterocycles. The van der Waals surface area contributed by atoms with E-state index in [1.165, 1.54) is 12.1 Å². The van der Waals surface area contributed by atoms with Crippen LogP contribution in [0, 0.1) is 12.8 Å². The molecule has 0 saturated carbocycles. The van der Waals surface area contributed by atoms with E-state index in [2.05, 4.69) is 0 Å². The molecule has 1 aromatic rings. The number of aliphatic carboxylic acids is 1. The van der Waals surface area contributed by atoms with Crippen molar-refractivity contribution in [1.29, 1.82) is 0 Å². The summed E-state index contributed by atoms with van der Waals surface area (Å²) in [4.78, 5) is 12.7. The molecule has 122 valence electrons. The third-order valence-electron chi connectivity index (χ3n) is 3.73. The summed E-state index contributed by atoms with van der Waals surface area (Å²) in [5.41, 5.74) is 0.982. The Morgan fingerprint density at radius 1 is 1.36 bits per heavy atom. The van der Waals surface area contributed by atoms with Gasteiger partial charge in [0, 0.05) is 6.54 Å². The second-order valence-electron chi connectivity index (χ2n) is 5.69. The average molecular weight is 327 g/mol. The minimum Gasteiger partial charge on any atom is -0.480 e. The molecule has 0 unspecified atom stereocenters. The van der Waals surface area contributed by atoms with Gasteiger partial charge in [0.25, 0.3) is 10.1 Å². The second kappa shape index (κ2) is 7.21. The van der Waals surface area contributed by atoms with E-state index < -0.39 is 16.1 Å². The molecular weight excluding hydrogens is 306 g/mol. The SMILES string of the molecule is Cc1ccc(S(=O)(=O)OC[C@H]2CCCN(CC(=O)O)C2)cc1. The number of nitrogens with zero attached hydrogens (tertiary/aromatic N) is 1.